The van der Waals surface area contributed by atoms with Crippen LogP contribution in [0.25, 0.3) is 0 Å². The van der Waals surface area contributed by atoms with Gasteiger partial charge in [-0.1, -0.05) is 32.1 Å². The van der Waals surface area contributed by atoms with E-state index in [-0.39, 0.29) is 12.5 Å². The smallest absolute Gasteiger partial charge is 0.328 e. The van der Waals surface area contributed by atoms with Crippen LogP contribution in [0.4, 0.5) is 13.2 Å². The molecule has 0 aromatic rings. The van der Waals surface area contributed by atoms with Crippen molar-refractivity contribution in [2.45, 2.75) is 70.0 Å². The van der Waals surface area contributed by atoms with E-state index in [0.29, 0.717) is 5.92 Å². The van der Waals surface area contributed by atoms with Crippen molar-refractivity contribution < 1.29 is 13.2 Å². The number of hydrogen-bond donors (Lipinski definition) is 1. The maximum absolute atomic E-state index is 12.0. The molecule has 0 aliphatic heterocycles. The molecule has 0 amide bonds. The average molecular weight is 237 g/mol. The molecule has 1 fully saturated rings. The van der Waals surface area contributed by atoms with E-state index in [1.807, 2.05) is 0 Å². The quantitative estimate of drug-likeness (QED) is 0.768. The van der Waals surface area contributed by atoms with Gasteiger partial charge in [0.15, 0.2) is 0 Å². The number of nitrogens with two attached hydrogens (primary N) is 1. The van der Waals surface area contributed by atoms with Crippen molar-refractivity contribution in [1.82, 2.24) is 0 Å². The Morgan fingerprint density at radius 1 is 1.06 bits per heavy atom. The van der Waals surface area contributed by atoms with Gasteiger partial charge >= 0.3 is 6.18 Å². The van der Waals surface area contributed by atoms with Gasteiger partial charge in [0, 0.05) is 12.5 Å². The maximum Gasteiger partial charge on any atom is 0.389 e. The van der Waals surface area contributed by atoms with Crippen molar-refractivity contribution in [3.8, 4) is 0 Å². The molecule has 96 valence electrons. The van der Waals surface area contributed by atoms with Crippen LogP contribution in [0.15, 0.2) is 0 Å². The van der Waals surface area contributed by atoms with Gasteiger partial charge in [-0.2, -0.15) is 13.2 Å². The van der Waals surface area contributed by atoms with E-state index in [1.54, 1.807) is 0 Å². The molecule has 1 aliphatic carbocycles. The fraction of sp³-hybridized carbons (Fsp3) is 1.00. The predicted molar refractivity (Wildman–Crippen MR) is 59.1 cm³/mol. The third-order valence-electron chi connectivity index (χ3n) is 3.47. The molecule has 1 atom stereocenters. The molecule has 0 bridgehead atoms. The highest BCUT2D eigenvalue weighted by atomic mass is 19.4. The molecule has 4 heteroatoms. The third-order valence-corrected chi connectivity index (χ3v) is 3.47. The van der Waals surface area contributed by atoms with Gasteiger partial charge in [-0.25, -0.2) is 0 Å². The average Bonchev–Trinajstić information content (AvgIpc) is 2.24. The minimum atomic E-state index is -4.05. The highest BCUT2D eigenvalue weighted by Gasteiger charge is 2.27. The van der Waals surface area contributed by atoms with Crippen LogP contribution in [0.1, 0.15) is 57.8 Å². The molecule has 1 saturated carbocycles. The van der Waals surface area contributed by atoms with E-state index in [2.05, 4.69) is 0 Å². The standard InChI is InChI=1S/C12H22F3N/c13-12(14,15)9-8-11(16)7-6-10-4-2-1-3-5-10/h10-11H,1-9,16H2. The molecule has 0 saturated heterocycles. The summed E-state index contributed by atoms with van der Waals surface area (Å²) in [6.07, 6.45) is 3.41. The van der Waals surface area contributed by atoms with Crippen LogP contribution in [0, 0.1) is 5.92 Å². The van der Waals surface area contributed by atoms with Gasteiger partial charge in [-0.05, 0) is 25.2 Å². The van der Waals surface area contributed by atoms with Gasteiger partial charge in [0.05, 0.1) is 0 Å². The monoisotopic (exact) mass is 237 g/mol. The molecule has 0 aromatic heterocycles. The number of halogens is 3. The summed E-state index contributed by atoms with van der Waals surface area (Å²) in [4.78, 5) is 0. The van der Waals surface area contributed by atoms with Crippen molar-refractivity contribution in [1.29, 1.82) is 0 Å². The Morgan fingerprint density at radius 3 is 2.25 bits per heavy atom. The first-order valence-electron chi connectivity index (χ1n) is 6.30. The van der Waals surface area contributed by atoms with Crippen molar-refractivity contribution in [3.05, 3.63) is 0 Å². The summed E-state index contributed by atoms with van der Waals surface area (Å²) >= 11 is 0. The Kier molecular flexibility index (Phi) is 5.59. The van der Waals surface area contributed by atoms with Crippen LogP contribution in [0.3, 0.4) is 0 Å². The van der Waals surface area contributed by atoms with E-state index in [9.17, 15) is 13.2 Å². The first-order valence-corrected chi connectivity index (χ1v) is 6.30. The first-order chi connectivity index (χ1) is 7.47. The molecule has 0 spiro atoms. The van der Waals surface area contributed by atoms with Gasteiger partial charge < -0.3 is 5.73 Å². The van der Waals surface area contributed by atoms with E-state index in [4.69, 9.17) is 5.73 Å². The highest BCUT2D eigenvalue weighted by molar-refractivity contribution is 4.70. The Morgan fingerprint density at radius 2 is 1.69 bits per heavy atom. The van der Waals surface area contributed by atoms with E-state index in [0.717, 1.165) is 12.8 Å². The van der Waals surface area contributed by atoms with Gasteiger partial charge in [0.2, 0.25) is 0 Å². The van der Waals surface area contributed by atoms with Crippen LogP contribution < -0.4 is 5.73 Å². The van der Waals surface area contributed by atoms with Crippen molar-refractivity contribution >= 4 is 0 Å². The molecule has 0 heterocycles. The molecule has 0 aromatic carbocycles. The second-order valence-electron chi connectivity index (χ2n) is 5.00. The van der Waals surface area contributed by atoms with Gasteiger partial charge in [0.1, 0.15) is 0 Å². The number of rotatable bonds is 5. The lowest BCUT2D eigenvalue weighted by Crippen LogP contribution is -2.24. The van der Waals surface area contributed by atoms with Crippen LogP contribution in [-0.4, -0.2) is 12.2 Å². The number of alkyl halides is 3. The zero-order valence-corrected chi connectivity index (χ0v) is 9.73. The molecular weight excluding hydrogens is 215 g/mol. The summed E-state index contributed by atoms with van der Waals surface area (Å²) < 4.78 is 35.9. The topological polar surface area (TPSA) is 26.0 Å². The molecule has 16 heavy (non-hydrogen) atoms. The lowest BCUT2D eigenvalue weighted by molar-refractivity contribution is -0.136. The minimum absolute atomic E-state index is 0.0796. The Hall–Kier alpha value is -0.250. The molecular formula is C12H22F3N. The van der Waals surface area contributed by atoms with Crippen LogP contribution in [-0.2, 0) is 0 Å². The van der Waals surface area contributed by atoms with Crippen molar-refractivity contribution in [3.63, 3.8) is 0 Å². The zero-order chi connectivity index (χ0) is 12.0. The lowest BCUT2D eigenvalue weighted by Gasteiger charge is -2.23. The van der Waals surface area contributed by atoms with Gasteiger partial charge in [0.25, 0.3) is 0 Å². The van der Waals surface area contributed by atoms with E-state index < -0.39 is 12.6 Å². The molecule has 1 nitrogen and oxygen atoms in total. The van der Waals surface area contributed by atoms with Crippen LogP contribution in [0.2, 0.25) is 0 Å². The maximum atomic E-state index is 12.0. The third kappa shape index (κ3) is 6.36. The fourth-order valence-electron chi connectivity index (χ4n) is 2.42. The second kappa shape index (κ2) is 6.48. The molecule has 1 rings (SSSR count). The Labute approximate surface area is 95.6 Å². The summed E-state index contributed by atoms with van der Waals surface area (Å²) in [7, 11) is 0. The SMILES string of the molecule is NC(CCC1CCCCC1)CCC(F)(F)F. The molecule has 0 radical (unpaired) electrons. The highest BCUT2D eigenvalue weighted by Crippen LogP contribution is 2.28. The first kappa shape index (κ1) is 13.8. The number of hydrogen-bond acceptors (Lipinski definition) is 1. The normalized spacial score (nSPS) is 21.0. The summed E-state index contributed by atoms with van der Waals surface area (Å²) in [6, 6.07) is -0.274. The largest absolute Gasteiger partial charge is 0.389 e. The summed E-state index contributed by atoms with van der Waals surface area (Å²) in [6.45, 7) is 0. The molecule has 2 N–H and O–H groups in total. The van der Waals surface area contributed by atoms with E-state index in [1.165, 1.54) is 32.1 Å². The van der Waals surface area contributed by atoms with Gasteiger partial charge in [-0.3, -0.25) is 0 Å². The van der Waals surface area contributed by atoms with Crippen molar-refractivity contribution in [2.24, 2.45) is 11.7 Å². The molecule has 1 aliphatic rings. The predicted octanol–water partition coefficient (Wildman–Crippen LogP) is 4.02. The fourth-order valence-corrected chi connectivity index (χ4v) is 2.42. The minimum Gasteiger partial charge on any atom is -0.328 e. The summed E-state index contributed by atoms with van der Waals surface area (Å²) in [5, 5.41) is 0. The Balaban J connectivity index is 2.07. The summed E-state index contributed by atoms with van der Waals surface area (Å²) in [5.74, 6) is 0.714. The Bertz CT molecular complexity index is 185. The van der Waals surface area contributed by atoms with Crippen LogP contribution >= 0.6 is 0 Å². The van der Waals surface area contributed by atoms with Crippen LogP contribution in [0.5, 0.6) is 0 Å². The summed E-state index contributed by atoms with van der Waals surface area (Å²) in [5.41, 5.74) is 5.70. The zero-order valence-electron chi connectivity index (χ0n) is 9.73. The lowest BCUT2D eigenvalue weighted by atomic mass is 9.85. The van der Waals surface area contributed by atoms with Crippen molar-refractivity contribution in [2.75, 3.05) is 0 Å². The molecule has 1 unspecified atom stereocenters. The van der Waals surface area contributed by atoms with E-state index >= 15 is 0 Å². The second-order valence-corrected chi connectivity index (χ2v) is 5.00. The van der Waals surface area contributed by atoms with Gasteiger partial charge in [-0.15, -0.1) is 0 Å².